The number of rotatable bonds is 3. The molecule has 2 amide bonds. The van der Waals surface area contributed by atoms with Gasteiger partial charge in [0, 0.05) is 27.3 Å². The van der Waals surface area contributed by atoms with Crippen LogP contribution in [0.1, 0.15) is 6.42 Å². The molecule has 1 heterocycles. The summed E-state index contributed by atoms with van der Waals surface area (Å²) < 4.78 is 1.10. The van der Waals surface area contributed by atoms with Gasteiger partial charge in [0.05, 0.1) is 12.5 Å². The number of nitrogens with one attached hydrogen (secondary N) is 1. The zero-order chi connectivity index (χ0) is 14.5. The summed E-state index contributed by atoms with van der Waals surface area (Å²) >= 11 is 3.89. The van der Waals surface area contributed by atoms with Gasteiger partial charge >= 0.3 is 12.0 Å². The van der Waals surface area contributed by atoms with E-state index in [9.17, 15) is 9.59 Å². The van der Waals surface area contributed by atoms with Crippen molar-refractivity contribution >= 4 is 52.0 Å². The molecule has 5 nitrogen and oxygen atoms in total. The Morgan fingerprint density at radius 2 is 2.10 bits per heavy atom. The smallest absolute Gasteiger partial charge is 0.322 e. The quantitative estimate of drug-likeness (QED) is 0.758. The molecule has 0 aliphatic carbocycles. The molecule has 0 aromatic heterocycles. The lowest BCUT2D eigenvalue weighted by Gasteiger charge is -2.34. The number of carbonyl (C=O) groups excluding carboxylic acids is 1. The van der Waals surface area contributed by atoms with E-state index in [0.29, 0.717) is 12.3 Å². The van der Waals surface area contributed by atoms with E-state index in [4.69, 9.17) is 5.11 Å². The molecule has 1 aromatic rings. The molecular weight excluding hydrogens is 391 g/mol. The van der Waals surface area contributed by atoms with Gasteiger partial charge in [0.25, 0.3) is 0 Å². The molecule has 108 valence electrons. The van der Waals surface area contributed by atoms with Gasteiger partial charge in [-0.1, -0.05) is 0 Å². The first-order chi connectivity index (χ1) is 9.56. The molecule has 0 radical (unpaired) electrons. The maximum absolute atomic E-state index is 12.3. The molecule has 1 saturated heterocycles. The molecule has 2 N–H and O–H groups in total. The molecular formula is C13H15IN2O3S. The molecule has 1 aliphatic heterocycles. The lowest BCUT2D eigenvalue weighted by Crippen LogP contribution is -2.48. The number of carboxylic acid groups (broad SMARTS) is 1. The second kappa shape index (κ2) is 7.16. The van der Waals surface area contributed by atoms with Gasteiger partial charge in [-0.25, -0.2) is 4.79 Å². The zero-order valence-corrected chi connectivity index (χ0v) is 13.7. The summed E-state index contributed by atoms with van der Waals surface area (Å²) in [6.45, 7) is 0.582. The van der Waals surface area contributed by atoms with E-state index in [1.165, 1.54) is 0 Å². The minimum atomic E-state index is -0.871. The van der Waals surface area contributed by atoms with Crippen LogP contribution in [-0.4, -0.2) is 46.1 Å². The molecule has 7 heteroatoms. The number of amides is 2. The number of anilines is 1. The minimum absolute atomic E-state index is 0.00684. The van der Waals surface area contributed by atoms with Crippen LogP contribution in [0.2, 0.25) is 0 Å². The standard InChI is InChI=1S/C13H15IN2O3S/c14-9-1-3-10(4-2-9)15-13(19)16-5-6-20-8-11(16)7-12(17)18/h1-4,11H,5-8H2,(H,15,19)(H,17,18). The highest BCUT2D eigenvalue weighted by Gasteiger charge is 2.28. The van der Waals surface area contributed by atoms with Crippen molar-refractivity contribution < 1.29 is 14.7 Å². The van der Waals surface area contributed by atoms with Crippen molar-refractivity contribution in [2.24, 2.45) is 0 Å². The number of nitrogens with zero attached hydrogens (tertiary/aromatic N) is 1. The van der Waals surface area contributed by atoms with E-state index in [2.05, 4.69) is 27.9 Å². The van der Waals surface area contributed by atoms with Gasteiger partial charge < -0.3 is 15.3 Å². The van der Waals surface area contributed by atoms with Crippen LogP contribution in [0.15, 0.2) is 24.3 Å². The molecule has 1 aliphatic rings. The third-order valence-corrected chi connectivity index (χ3v) is 4.81. The molecule has 1 aromatic carbocycles. The Balaban J connectivity index is 2.01. The van der Waals surface area contributed by atoms with Gasteiger partial charge in [-0.2, -0.15) is 11.8 Å². The van der Waals surface area contributed by atoms with Crippen LogP contribution in [0.25, 0.3) is 0 Å². The summed E-state index contributed by atoms with van der Waals surface area (Å²) in [5, 5.41) is 11.7. The number of benzene rings is 1. The Labute approximate surface area is 135 Å². The van der Waals surface area contributed by atoms with Crippen LogP contribution in [0.3, 0.4) is 0 Å². The number of hydrogen-bond donors (Lipinski definition) is 2. The monoisotopic (exact) mass is 406 g/mol. The van der Waals surface area contributed by atoms with Crippen LogP contribution in [0.4, 0.5) is 10.5 Å². The average Bonchev–Trinajstić information content (AvgIpc) is 2.41. The van der Waals surface area contributed by atoms with Crippen LogP contribution >= 0.6 is 34.4 Å². The first-order valence-electron chi connectivity index (χ1n) is 6.19. The number of carboxylic acids is 1. The maximum Gasteiger partial charge on any atom is 0.322 e. The average molecular weight is 406 g/mol. The third kappa shape index (κ3) is 4.27. The number of urea groups is 1. The van der Waals surface area contributed by atoms with Gasteiger partial charge in [0.1, 0.15) is 0 Å². The highest BCUT2D eigenvalue weighted by atomic mass is 127. The number of aliphatic carboxylic acids is 1. The van der Waals surface area contributed by atoms with E-state index in [0.717, 1.165) is 15.0 Å². The van der Waals surface area contributed by atoms with Crippen molar-refractivity contribution in [3.05, 3.63) is 27.8 Å². The second-order valence-electron chi connectivity index (χ2n) is 4.46. The summed E-state index contributed by atoms with van der Waals surface area (Å²) in [5.41, 5.74) is 0.725. The second-order valence-corrected chi connectivity index (χ2v) is 6.85. The van der Waals surface area contributed by atoms with Crippen molar-refractivity contribution in [1.82, 2.24) is 4.90 Å². The van der Waals surface area contributed by atoms with Crippen molar-refractivity contribution in [3.63, 3.8) is 0 Å². The number of hydrogen-bond acceptors (Lipinski definition) is 3. The van der Waals surface area contributed by atoms with E-state index in [1.54, 1.807) is 16.7 Å². The zero-order valence-electron chi connectivity index (χ0n) is 10.7. The lowest BCUT2D eigenvalue weighted by atomic mass is 10.2. The lowest BCUT2D eigenvalue weighted by molar-refractivity contribution is -0.137. The fourth-order valence-corrected chi connectivity index (χ4v) is 3.44. The highest BCUT2D eigenvalue weighted by Crippen LogP contribution is 2.20. The SMILES string of the molecule is O=C(O)CC1CSCCN1C(=O)Nc1ccc(I)cc1. The highest BCUT2D eigenvalue weighted by molar-refractivity contribution is 14.1. The van der Waals surface area contributed by atoms with Crippen molar-refractivity contribution in [1.29, 1.82) is 0 Å². The summed E-state index contributed by atoms with van der Waals surface area (Å²) in [6.07, 6.45) is -0.00684. The summed E-state index contributed by atoms with van der Waals surface area (Å²) in [5.74, 6) is 0.646. The molecule has 0 spiro atoms. The molecule has 1 unspecified atom stereocenters. The summed E-state index contributed by atoms with van der Waals surface area (Å²) in [7, 11) is 0. The Bertz CT molecular complexity index is 495. The molecule has 1 atom stereocenters. The summed E-state index contributed by atoms with van der Waals surface area (Å²) in [4.78, 5) is 24.7. The number of carbonyl (C=O) groups is 2. The molecule has 0 saturated carbocycles. The predicted molar refractivity (Wildman–Crippen MR) is 88.2 cm³/mol. The fraction of sp³-hybridized carbons (Fsp3) is 0.385. The molecule has 20 heavy (non-hydrogen) atoms. The Morgan fingerprint density at radius 3 is 2.75 bits per heavy atom. The third-order valence-electron chi connectivity index (χ3n) is 2.99. The van der Waals surface area contributed by atoms with Crippen molar-refractivity contribution in [2.45, 2.75) is 12.5 Å². The Kier molecular flexibility index (Phi) is 5.53. The largest absolute Gasteiger partial charge is 0.481 e. The van der Waals surface area contributed by atoms with Crippen molar-refractivity contribution in [3.8, 4) is 0 Å². The maximum atomic E-state index is 12.3. The Hall–Kier alpha value is -0.960. The van der Waals surface area contributed by atoms with Gasteiger partial charge in [-0.3, -0.25) is 4.79 Å². The van der Waals surface area contributed by atoms with E-state index in [1.807, 2.05) is 24.3 Å². The van der Waals surface area contributed by atoms with Crippen LogP contribution < -0.4 is 5.32 Å². The van der Waals surface area contributed by atoms with Gasteiger partial charge in [0.2, 0.25) is 0 Å². The first kappa shape index (κ1) is 15.4. The molecule has 1 fully saturated rings. The van der Waals surface area contributed by atoms with E-state index < -0.39 is 5.97 Å². The van der Waals surface area contributed by atoms with Crippen molar-refractivity contribution in [2.75, 3.05) is 23.4 Å². The first-order valence-corrected chi connectivity index (χ1v) is 8.42. The number of halogens is 1. The fourth-order valence-electron chi connectivity index (χ4n) is 2.02. The van der Waals surface area contributed by atoms with Gasteiger partial charge in [-0.05, 0) is 46.9 Å². The number of thioether (sulfide) groups is 1. The Morgan fingerprint density at radius 1 is 1.40 bits per heavy atom. The van der Waals surface area contributed by atoms with Crippen LogP contribution in [0, 0.1) is 3.57 Å². The van der Waals surface area contributed by atoms with Crippen LogP contribution in [-0.2, 0) is 4.79 Å². The van der Waals surface area contributed by atoms with E-state index in [-0.39, 0.29) is 18.5 Å². The topological polar surface area (TPSA) is 69.6 Å². The predicted octanol–water partition coefficient (Wildman–Crippen LogP) is 2.72. The van der Waals surface area contributed by atoms with Gasteiger partial charge in [-0.15, -0.1) is 0 Å². The minimum Gasteiger partial charge on any atom is -0.481 e. The molecule has 2 rings (SSSR count). The summed E-state index contributed by atoms with van der Waals surface area (Å²) in [6, 6.07) is 7.04. The van der Waals surface area contributed by atoms with E-state index >= 15 is 0 Å². The van der Waals surface area contributed by atoms with Gasteiger partial charge in [0.15, 0.2) is 0 Å². The van der Waals surface area contributed by atoms with Crippen LogP contribution in [0.5, 0.6) is 0 Å². The normalized spacial score (nSPS) is 18.6. The molecule has 0 bridgehead atoms.